The highest BCUT2D eigenvalue weighted by atomic mass is 16.5. The molecule has 8 nitrogen and oxygen atoms in total. The van der Waals surface area contributed by atoms with Crippen molar-refractivity contribution in [3.8, 4) is 11.8 Å². The minimum Gasteiger partial charge on any atom is -0.476 e. The van der Waals surface area contributed by atoms with Gasteiger partial charge in [0.2, 0.25) is 5.88 Å². The number of nitrogens with zero attached hydrogens (tertiary/aromatic N) is 1. The minimum absolute atomic E-state index is 0.0176. The highest BCUT2D eigenvalue weighted by Gasteiger charge is 2.31. The second-order valence-corrected chi connectivity index (χ2v) is 7.29. The molecule has 2 fully saturated rings. The average Bonchev–Trinajstić information content (AvgIpc) is 2.62. The number of aliphatic hydroxyl groups excluding tert-OH is 1. The van der Waals surface area contributed by atoms with Gasteiger partial charge < -0.3 is 19.9 Å². The lowest BCUT2D eigenvalue weighted by Gasteiger charge is -2.39. The molecule has 3 rings (SSSR count). The fourth-order valence-corrected chi connectivity index (χ4v) is 4.21. The minimum atomic E-state index is -0.635. The van der Waals surface area contributed by atoms with Gasteiger partial charge in [-0.25, -0.2) is 4.79 Å². The van der Waals surface area contributed by atoms with E-state index in [1.54, 1.807) is 0 Å². The summed E-state index contributed by atoms with van der Waals surface area (Å²) < 4.78 is 10.4. The van der Waals surface area contributed by atoms with Crippen LogP contribution in [0.5, 0.6) is 11.8 Å². The second kappa shape index (κ2) is 9.02. The predicted octanol–water partition coefficient (Wildman–Crippen LogP) is 0.852. The number of carbonyl (C=O) groups is 1. The van der Waals surface area contributed by atoms with Crippen molar-refractivity contribution in [3.63, 3.8) is 0 Å². The van der Waals surface area contributed by atoms with Crippen LogP contribution in [-0.2, 0) is 4.79 Å². The van der Waals surface area contributed by atoms with Crippen LogP contribution in [0.3, 0.4) is 0 Å². The van der Waals surface area contributed by atoms with Crippen molar-refractivity contribution >= 4 is 5.91 Å². The molecule has 2 aliphatic carbocycles. The molecule has 0 aliphatic heterocycles. The molecular weight excluding hydrogens is 338 g/mol. The van der Waals surface area contributed by atoms with Gasteiger partial charge >= 0.3 is 5.69 Å². The number of amides is 1. The maximum Gasteiger partial charge on any atom is 0.351 e. The monoisotopic (exact) mass is 365 g/mol. The summed E-state index contributed by atoms with van der Waals surface area (Å²) in [5, 5.41) is 11.7. The number of aromatic amines is 1. The Morgan fingerprint density at radius 3 is 2.77 bits per heavy atom. The van der Waals surface area contributed by atoms with Crippen LogP contribution in [0.15, 0.2) is 10.9 Å². The van der Waals surface area contributed by atoms with Crippen molar-refractivity contribution < 1.29 is 19.4 Å². The lowest BCUT2D eigenvalue weighted by molar-refractivity contribution is -0.123. The molecule has 1 aromatic rings. The smallest absolute Gasteiger partial charge is 0.351 e. The number of rotatable bonds is 8. The Kier molecular flexibility index (Phi) is 6.49. The Morgan fingerprint density at radius 2 is 2.04 bits per heavy atom. The average molecular weight is 365 g/mol. The first-order chi connectivity index (χ1) is 12.6. The van der Waals surface area contributed by atoms with E-state index in [-0.39, 0.29) is 37.5 Å². The lowest BCUT2D eigenvalue weighted by atomic mass is 9.68. The molecule has 2 aliphatic rings. The molecule has 1 aromatic heterocycles. The molecule has 2 atom stereocenters. The van der Waals surface area contributed by atoms with Gasteiger partial charge in [-0.15, -0.1) is 0 Å². The Hall–Kier alpha value is -2.09. The molecule has 0 radical (unpaired) electrons. The normalized spacial score (nSPS) is 24.7. The van der Waals surface area contributed by atoms with Crippen LogP contribution in [0.1, 0.15) is 38.5 Å². The first kappa shape index (κ1) is 18.7. The van der Waals surface area contributed by atoms with Gasteiger partial charge in [-0.2, -0.15) is 4.98 Å². The van der Waals surface area contributed by atoms with Crippen molar-refractivity contribution in [3.05, 3.63) is 16.6 Å². The van der Waals surface area contributed by atoms with E-state index in [2.05, 4.69) is 15.3 Å². The summed E-state index contributed by atoms with van der Waals surface area (Å²) in [6, 6.07) is 1.38. The topological polar surface area (TPSA) is 114 Å². The SMILES string of the molecule is O=C(COc1cc(OCCO)[nH]c(=O)n1)NCC1CC2CCCC(C2)C1. The fourth-order valence-electron chi connectivity index (χ4n) is 4.21. The number of H-pyrrole nitrogens is 1. The molecule has 1 amide bonds. The van der Waals surface area contributed by atoms with Gasteiger partial charge in [-0.3, -0.25) is 9.78 Å². The molecule has 2 bridgehead atoms. The molecule has 26 heavy (non-hydrogen) atoms. The number of hydrogen-bond acceptors (Lipinski definition) is 6. The van der Waals surface area contributed by atoms with Gasteiger partial charge in [0.1, 0.15) is 6.61 Å². The molecule has 1 heterocycles. The standard InChI is InChI=1S/C18H27N3O5/c22-4-5-25-16-9-17(21-18(24)20-16)26-11-15(23)19-10-14-7-12-2-1-3-13(6-12)8-14/h9,12-14,22H,1-8,10-11H2,(H,19,23)(H,20,21,24). The van der Waals surface area contributed by atoms with E-state index >= 15 is 0 Å². The molecule has 2 saturated carbocycles. The largest absolute Gasteiger partial charge is 0.476 e. The molecule has 3 N–H and O–H groups in total. The maximum absolute atomic E-state index is 12.0. The molecular formula is C18H27N3O5. The van der Waals surface area contributed by atoms with Gasteiger partial charge in [0.15, 0.2) is 12.5 Å². The molecule has 2 unspecified atom stereocenters. The van der Waals surface area contributed by atoms with Crippen LogP contribution < -0.4 is 20.5 Å². The quantitative estimate of drug-likeness (QED) is 0.629. The highest BCUT2D eigenvalue weighted by molar-refractivity contribution is 5.77. The lowest BCUT2D eigenvalue weighted by Crippen LogP contribution is -2.37. The number of fused-ring (bicyclic) bond motifs is 2. The zero-order valence-corrected chi connectivity index (χ0v) is 14.9. The maximum atomic E-state index is 12.0. The molecule has 0 saturated heterocycles. The van der Waals surface area contributed by atoms with Crippen molar-refractivity contribution in [2.45, 2.75) is 38.5 Å². The fraction of sp³-hybridized carbons (Fsp3) is 0.722. The molecule has 144 valence electrons. The van der Waals surface area contributed by atoms with Crippen molar-refractivity contribution in [1.29, 1.82) is 0 Å². The van der Waals surface area contributed by atoms with Gasteiger partial charge in [-0.1, -0.05) is 19.3 Å². The summed E-state index contributed by atoms with van der Waals surface area (Å²) in [6.07, 6.45) is 7.80. The Balaban J connectivity index is 1.42. The summed E-state index contributed by atoms with van der Waals surface area (Å²) >= 11 is 0. The highest BCUT2D eigenvalue weighted by Crippen LogP contribution is 2.42. The van der Waals surface area contributed by atoms with Crippen LogP contribution >= 0.6 is 0 Å². The van der Waals surface area contributed by atoms with Gasteiger partial charge in [0, 0.05) is 6.54 Å². The van der Waals surface area contributed by atoms with E-state index in [1.807, 2.05) is 0 Å². The summed E-state index contributed by atoms with van der Waals surface area (Å²) in [6.45, 7) is 0.355. The summed E-state index contributed by atoms with van der Waals surface area (Å²) in [5.74, 6) is 2.16. The van der Waals surface area contributed by atoms with Gasteiger partial charge in [-0.05, 0) is 37.0 Å². The third-order valence-corrected chi connectivity index (χ3v) is 5.21. The molecule has 0 spiro atoms. The first-order valence-corrected chi connectivity index (χ1v) is 9.37. The van der Waals surface area contributed by atoms with Crippen molar-refractivity contribution in [1.82, 2.24) is 15.3 Å². The van der Waals surface area contributed by atoms with Crippen LogP contribution in [0.4, 0.5) is 0 Å². The number of aliphatic hydroxyl groups is 1. The Morgan fingerprint density at radius 1 is 1.27 bits per heavy atom. The van der Waals surface area contributed by atoms with E-state index in [9.17, 15) is 9.59 Å². The van der Waals surface area contributed by atoms with E-state index in [1.165, 1.54) is 44.6 Å². The summed E-state index contributed by atoms with van der Waals surface area (Å²) in [4.78, 5) is 29.5. The number of ether oxygens (including phenoxy) is 2. The number of carbonyl (C=O) groups excluding carboxylic acids is 1. The third kappa shape index (κ3) is 5.45. The number of aromatic nitrogens is 2. The van der Waals surface area contributed by atoms with Crippen LogP contribution in [0.2, 0.25) is 0 Å². The zero-order chi connectivity index (χ0) is 18.4. The van der Waals surface area contributed by atoms with E-state index in [0.717, 1.165) is 11.8 Å². The molecule has 8 heteroatoms. The van der Waals surface area contributed by atoms with Crippen LogP contribution in [-0.4, -0.2) is 47.3 Å². The van der Waals surface area contributed by atoms with Gasteiger partial charge in [0.05, 0.1) is 12.7 Å². The van der Waals surface area contributed by atoms with Crippen molar-refractivity contribution in [2.75, 3.05) is 26.4 Å². The van der Waals surface area contributed by atoms with Crippen molar-refractivity contribution in [2.24, 2.45) is 17.8 Å². The predicted molar refractivity (Wildman–Crippen MR) is 94.1 cm³/mol. The van der Waals surface area contributed by atoms with Crippen LogP contribution in [0.25, 0.3) is 0 Å². The third-order valence-electron chi connectivity index (χ3n) is 5.21. The summed E-state index contributed by atoms with van der Waals surface area (Å²) in [7, 11) is 0. The zero-order valence-electron chi connectivity index (χ0n) is 14.9. The Bertz CT molecular complexity index is 650. The van der Waals surface area contributed by atoms with E-state index < -0.39 is 5.69 Å². The van der Waals surface area contributed by atoms with E-state index in [4.69, 9.17) is 14.6 Å². The first-order valence-electron chi connectivity index (χ1n) is 9.37. The van der Waals surface area contributed by atoms with Crippen LogP contribution in [0, 0.1) is 17.8 Å². The van der Waals surface area contributed by atoms with Gasteiger partial charge in [0.25, 0.3) is 5.91 Å². The second-order valence-electron chi connectivity index (χ2n) is 7.29. The summed E-state index contributed by atoms with van der Waals surface area (Å²) in [5.41, 5.74) is -0.635. The van der Waals surface area contributed by atoms with E-state index in [0.29, 0.717) is 12.5 Å². The molecule has 0 aromatic carbocycles. The number of nitrogens with one attached hydrogen (secondary N) is 2. The number of hydrogen-bond donors (Lipinski definition) is 3. The Labute approximate surface area is 152 Å².